The largest absolute Gasteiger partial charge is 0.382 e. The quantitative estimate of drug-likeness (QED) is 0.722. The molecule has 1 unspecified atom stereocenters. The number of hydrogen-bond acceptors (Lipinski definition) is 7. The van der Waals surface area contributed by atoms with Crippen molar-refractivity contribution in [1.29, 1.82) is 0 Å². The second-order valence-corrected chi connectivity index (χ2v) is 8.09. The molecular formula is C11H16N4O3S2. The van der Waals surface area contributed by atoms with E-state index in [1.165, 1.54) is 0 Å². The number of nitrogens with two attached hydrogens (primary N) is 1. The number of sulfone groups is 1. The van der Waals surface area contributed by atoms with Gasteiger partial charge in [0.15, 0.2) is 15.7 Å². The third kappa shape index (κ3) is 2.47. The zero-order valence-corrected chi connectivity index (χ0v) is 12.4. The fourth-order valence-electron chi connectivity index (χ4n) is 2.27. The number of nitrogens with one attached hydrogen (secondary N) is 2. The number of nitrogen functional groups attached to an aromatic ring is 1. The molecule has 1 aromatic rings. The summed E-state index contributed by atoms with van der Waals surface area (Å²) >= 11 is 1.05. The SMILES string of the molecule is Nc1nsc(NCC2CCC(=O)N2)c1S(=O)(=O)C1CC1. The molecule has 4 N–H and O–H groups in total. The van der Waals surface area contributed by atoms with E-state index in [0.717, 1.165) is 18.0 Å². The molecule has 0 radical (unpaired) electrons. The Balaban J connectivity index is 1.75. The fraction of sp³-hybridized carbons (Fsp3) is 0.636. The minimum Gasteiger partial charge on any atom is -0.382 e. The van der Waals surface area contributed by atoms with E-state index in [9.17, 15) is 13.2 Å². The molecule has 0 spiro atoms. The molecule has 20 heavy (non-hydrogen) atoms. The first-order valence-corrected chi connectivity index (χ1v) is 8.82. The lowest BCUT2D eigenvalue weighted by molar-refractivity contribution is -0.119. The van der Waals surface area contributed by atoms with Crippen molar-refractivity contribution in [3.05, 3.63) is 0 Å². The van der Waals surface area contributed by atoms with E-state index in [4.69, 9.17) is 5.73 Å². The maximum absolute atomic E-state index is 12.3. The molecule has 1 saturated carbocycles. The summed E-state index contributed by atoms with van der Waals surface area (Å²) in [5.41, 5.74) is 5.71. The van der Waals surface area contributed by atoms with Crippen molar-refractivity contribution >= 4 is 38.1 Å². The summed E-state index contributed by atoms with van der Waals surface area (Å²) in [5, 5.41) is 6.06. The van der Waals surface area contributed by atoms with E-state index in [2.05, 4.69) is 15.0 Å². The number of amides is 1. The summed E-state index contributed by atoms with van der Waals surface area (Å²) < 4.78 is 28.6. The highest BCUT2D eigenvalue weighted by molar-refractivity contribution is 7.92. The van der Waals surface area contributed by atoms with Crippen molar-refractivity contribution in [2.45, 2.75) is 41.9 Å². The molecule has 9 heteroatoms. The average Bonchev–Trinajstić information content (AvgIpc) is 3.08. The maximum atomic E-state index is 12.3. The molecular weight excluding hydrogens is 300 g/mol. The molecule has 1 amide bonds. The second kappa shape index (κ2) is 4.88. The smallest absolute Gasteiger partial charge is 0.220 e. The van der Waals surface area contributed by atoms with Crippen LogP contribution in [-0.2, 0) is 14.6 Å². The van der Waals surface area contributed by atoms with E-state index in [0.29, 0.717) is 30.8 Å². The Bertz CT molecular complexity index is 636. The molecule has 0 bridgehead atoms. The summed E-state index contributed by atoms with van der Waals surface area (Å²) in [7, 11) is -3.37. The van der Waals surface area contributed by atoms with Crippen LogP contribution in [0.25, 0.3) is 0 Å². The molecule has 1 atom stereocenters. The first-order chi connectivity index (χ1) is 9.48. The summed E-state index contributed by atoms with van der Waals surface area (Å²) in [4.78, 5) is 11.3. The predicted molar refractivity (Wildman–Crippen MR) is 76.4 cm³/mol. The van der Waals surface area contributed by atoms with Crippen LogP contribution in [0.2, 0.25) is 0 Å². The van der Waals surface area contributed by atoms with E-state index < -0.39 is 9.84 Å². The van der Waals surface area contributed by atoms with Crippen molar-refractivity contribution in [2.24, 2.45) is 0 Å². The van der Waals surface area contributed by atoms with Gasteiger partial charge in [-0.15, -0.1) is 0 Å². The Kier molecular flexibility index (Phi) is 3.33. The van der Waals surface area contributed by atoms with Crippen LogP contribution in [0.1, 0.15) is 25.7 Å². The number of hydrogen-bond donors (Lipinski definition) is 3. The molecule has 3 rings (SSSR count). The maximum Gasteiger partial charge on any atom is 0.220 e. The van der Waals surface area contributed by atoms with Crippen LogP contribution in [0.5, 0.6) is 0 Å². The van der Waals surface area contributed by atoms with Gasteiger partial charge in [-0.2, -0.15) is 4.37 Å². The molecule has 2 fully saturated rings. The Morgan fingerprint density at radius 3 is 2.75 bits per heavy atom. The number of carbonyl (C=O) groups is 1. The highest BCUT2D eigenvalue weighted by atomic mass is 32.2. The molecule has 2 aliphatic rings. The van der Waals surface area contributed by atoms with Crippen molar-refractivity contribution in [3.8, 4) is 0 Å². The Hall–Kier alpha value is -1.35. The highest BCUT2D eigenvalue weighted by Crippen LogP contribution is 2.40. The van der Waals surface area contributed by atoms with Gasteiger partial charge in [-0.25, -0.2) is 8.42 Å². The zero-order chi connectivity index (χ0) is 14.3. The topological polar surface area (TPSA) is 114 Å². The van der Waals surface area contributed by atoms with Crippen molar-refractivity contribution in [2.75, 3.05) is 17.6 Å². The lowest BCUT2D eigenvalue weighted by Crippen LogP contribution is -2.31. The van der Waals surface area contributed by atoms with E-state index in [-0.39, 0.29) is 27.9 Å². The summed E-state index contributed by atoms with van der Waals surface area (Å²) in [6.45, 7) is 0.487. The highest BCUT2D eigenvalue weighted by Gasteiger charge is 2.40. The lowest BCUT2D eigenvalue weighted by Gasteiger charge is -2.12. The van der Waals surface area contributed by atoms with Crippen molar-refractivity contribution < 1.29 is 13.2 Å². The van der Waals surface area contributed by atoms with Crippen molar-refractivity contribution in [1.82, 2.24) is 9.69 Å². The summed E-state index contributed by atoms with van der Waals surface area (Å²) in [6, 6.07) is 0.0299. The van der Waals surface area contributed by atoms with Gasteiger partial charge in [0.1, 0.15) is 9.90 Å². The summed E-state index contributed by atoms with van der Waals surface area (Å²) in [6.07, 6.45) is 2.65. The third-order valence-electron chi connectivity index (χ3n) is 3.52. The number of aromatic nitrogens is 1. The predicted octanol–water partition coefficient (Wildman–Crippen LogP) is 0.352. The Morgan fingerprint density at radius 2 is 2.15 bits per heavy atom. The number of rotatable bonds is 5. The molecule has 2 heterocycles. The van der Waals surface area contributed by atoms with Crippen LogP contribution in [0.3, 0.4) is 0 Å². The van der Waals surface area contributed by atoms with Gasteiger partial charge in [-0.3, -0.25) is 4.79 Å². The van der Waals surface area contributed by atoms with Crippen LogP contribution in [0.15, 0.2) is 4.90 Å². The Morgan fingerprint density at radius 1 is 1.40 bits per heavy atom. The van der Waals surface area contributed by atoms with Gasteiger partial charge in [0.05, 0.1) is 5.25 Å². The van der Waals surface area contributed by atoms with Gasteiger partial charge in [0.25, 0.3) is 0 Å². The molecule has 1 aromatic heterocycles. The number of carbonyl (C=O) groups excluding carboxylic acids is 1. The molecule has 1 aliphatic carbocycles. The van der Waals surface area contributed by atoms with E-state index in [1.807, 2.05) is 0 Å². The normalized spacial score (nSPS) is 22.8. The molecule has 1 aliphatic heterocycles. The molecule has 1 saturated heterocycles. The molecule has 110 valence electrons. The number of anilines is 2. The van der Waals surface area contributed by atoms with Gasteiger partial charge < -0.3 is 16.4 Å². The monoisotopic (exact) mass is 316 g/mol. The standard InChI is InChI=1S/C11H16N4O3S2/c12-10-9(20(17,18)7-2-3-7)11(19-15-10)13-5-6-1-4-8(16)14-6/h6-7,13H,1-5H2,(H2,12,15)(H,14,16). The van der Waals surface area contributed by atoms with Crippen LogP contribution >= 0.6 is 11.5 Å². The molecule has 0 aromatic carbocycles. The van der Waals surface area contributed by atoms with E-state index >= 15 is 0 Å². The van der Waals surface area contributed by atoms with Crippen molar-refractivity contribution in [3.63, 3.8) is 0 Å². The minimum atomic E-state index is -3.37. The number of nitrogens with zero attached hydrogens (tertiary/aromatic N) is 1. The third-order valence-corrected chi connectivity index (χ3v) is 6.80. The zero-order valence-electron chi connectivity index (χ0n) is 10.8. The van der Waals surface area contributed by atoms with Crippen LogP contribution in [0.4, 0.5) is 10.8 Å². The summed E-state index contributed by atoms with van der Waals surface area (Å²) in [5.74, 6) is 0.103. The first kappa shape index (κ1) is 13.6. The van der Waals surface area contributed by atoms with E-state index in [1.54, 1.807) is 0 Å². The van der Waals surface area contributed by atoms with Gasteiger partial charge in [-0.05, 0) is 30.8 Å². The van der Waals surface area contributed by atoms with Gasteiger partial charge >= 0.3 is 0 Å². The first-order valence-electron chi connectivity index (χ1n) is 6.51. The average molecular weight is 316 g/mol. The van der Waals surface area contributed by atoms with Crippen LogP contribution < -0.4 is 16.4 Å². The van der Waals surface area contributed by atoms with Gasteiger partial charge in [0, 0.05) is 19.0 Å². The lowest BCUT2D eigenvalue weighted by atomic mass is 10.2. The fourth-order valence-corrected chi connectivity index (χ4v) is 5.16. The van der Waals surface area contributed by atoms with Gasteiger partial charge in [-0.1, -0.05) is 0 Å². The van der Waals surface area contributed by atoms with Crippen LogP contribution in [-0.4, -0.2) is 36.5 Å². The minimum absolute atomic E-state index is 0.0299. The van der Waals surface area contributed by atoms with Gasteiger partial charge in [0.2, 0.25) is 5.91 Å². The van der Waals surface area contributed by atoms with Crippen LogP contribution in [0, 0.1) is 0 Å². The Labute approximate surface area is 121 Å². The second-order valence-electron chi connectivity index (χ2n) is 5.15. The molecule has 7 nitrogen and oxygen atoms in total.